The largest absolute Gasteiger partial charge is 0.370 e. The van der Waals surface area contributed by atoms with Crippen LogP contribution in [0.4, 0.5) is 5.69 Å². The highest BCUT2D eigenvalue weighted by Gasteiger charge is 2.28. The molecule has 0 aromatic heterocycles. The minimum absolute atomic E-state index is 0.154. The summed E-state index contributed by atoms with van der Waals surface area (Å²) in [5.74, 6) is 0.477. The van der Waals surface area contributed by atoms with Crippen LogP contribution in [0.2, 0.25) is 0 Å². The van der Waals surface area contributed by atoms with Gasteiger partial charge in [-0.05, 0) is 49.4 Å². The number of rotatable bonds is 6. The second-order valence-electron chi connectivity index (χ2n) is 6.85. The van der Waals surface area contributed by atoms with Gasteiger partial charge in [0.15, 0.2) is 6.10 Å². The highest BCUT2D eigenvalue weighted by molar-refractivity contribution is 5.94. The van der Waals surface area contributed by atoms with E-state index in [1.165, 1.54) is 37.7 Å². The number of carbonyl (C=O) groups excluding carboxylic acids is 1. The molecule has 2 atom stereocenters. The Kier molecular flexibility index (Phi) is 6.60. The quantitative estimate of drug-likeness (QED) is 0.843. The van der Waals surface area contributed by atoms with E-state index in [1.807, 2.05) is 25.1 Å². The van der Waals surface area contributed by atoms with E-state index < -0.39 is 6.10 Å². The normalized spacial score (nSPS) is 18.4. The van der Waals surface area contributed by atoms with Crippen molar-refractivity contribution in [2.24, 2.45) is 11.7 Å². The maximum absolute atomic E-state index is 12.5. The van der Waals surface area contributed by atoms with Crippen LogP contribution in [0.25, 0.3) is 0 Å². The number of hydrogen-bond donors (Lipinski definition) is 2. The van der Waals surface area contributed by atoms with Gasteiger partial charge in [0.1, 0.15) is 0 Å². The molecule has 0 radical (unpaired) electrons. The van der Waals surface area contributed by atoms with E-state index in [4.69, 9.17) is 10.5 Å². The SMILES string of the molecule is COC(C(=O)Nc1ccc(C)c(C)c1)[C@H](N)CC1CCCCC1. The van der Waals surface area contributed by atoms with Gasteiger partial charge in [-0.25, -0.2) is 0 Å². The average molecular weight is 318 g/mol. The van der Waals surface area contributed by atoms with Crippen molar-refractivity contribution in [2.45, 2.75) is 64.5 Å². The third kappa shape index (κ3) is 5.05. The number of amides is 1. The van der Waals surface area contributed by atoms with Crippen LogP contribution in [0.5, 0.6) is 0 Å². The number of benzene rings is 1. The maximum Gasteiger partial charge on any atom is 0.255 e. The first-order valence-electron chi connectivity index (χ1n) is 8.67. The van der Waals surface area contributed by atoms with Gasteiger partial charge < -0.3 is 15.8 Å². The summed E-state index contributed by atoms with van der Waals surface area (Å²) in [6.07, 6.45) is 6.60. The van der Waals surface area contributed by atoms with Gasteiger partial charge in [-0.15, -0.1) is 0 Å². The number of nitrogens with two attached hydrogens (primary N) is 1. The highest BCUT2D eigenvalue weighted by Crippen LogP contribution is 2.28. The van der Waals surface area contributed by atoms with Crippen LogP contribution in [0.3, 0.4) is 0 Å². The Hall–Kier alpha value is -1.39. The van der Waals surface area contributed by atoms with E-state index in [2.05, 4.69) is 12.2 Å². The molecular formula is C19H30N2O2. The Morgan fingerprint density at radius 3 is 2.57 bits per heavy atom. The molecule has 0 aliphatic heterocycles. The molecule has 1 aliphatic rings. The molecule has 0 heterocycles. The number of carbonyl (C=O) groups is 1. The Morgan fingerprint density at radius 2 is 1.96 bits per heavy atom. The molecule has 2 rings (SSSR count). The van der Waals surface area contributed by atoms with Crippen LogP contribution in [-0.4, -0.2) is 25.2 Å². The van der Waals surface area contributed by atoms with Crippen molar-refractivity contribution in [3.63, 3.8) is 0 Å². The molecule has 1 aromatic carbocycles. The predicted molar refractivity (Wildman–Crippen MR) is 94.5 cm³/mol. The van der Waals surface area contributed by atoms with Gasteiger partial charge in [-0.3, -0.25) is 4.79 Å². The maximum atomic E-state index is 12.5. The van der Waals surface area contributed by atoms with E-state index in [-0.39, 0.29) is 11.9 Å². The van der Waals surface area contributed by atoms with E-state index in [1.54, 1.807) is 7.11 Å². The van der Waals surface area contributed by atoms with Gasteiger partial charge in [-0.1, -0.05) is 38.2 Å². The number of anilines is 1. The number of hydrogen-bond acceptors (Lipinski definition) is 3. The van der Waals surface area contributed by atoms with E-state index in [9.17, 15) is 4.79 Å². The molecule has 3 N–H and O–H groups in total. The fraction of sp³-hybridized carbons (Fsp3) is 0.632. The first-order valence-corrected chi connectivity index (χ1v) is 8.67. The van der Waals surface area contributed by atoms with Gasteiger partial charge in [0.25, 0.3) is 5.91 Å². The van der Waals surface area contributed by atoms with E-state index in [0.29, 0.717) is 5.92 Å². The van der Waals surface area contributed by atoms with Crippen molar-refractivity contribution in [2.75, 3.05) is 12.4 Å². The van der Waals surface area contributed by atoms with Gasteiger partial charge in [0.05, 0.1) is 0 Å². The second-order valence-corrected chi connectivity index (χ2v) is 6.85. The summed E-state index contributed by atoms with van der Waals surface area (Å²) in [7, 11) is 1.56. The Balaban J connectivity index is 1.95. The molecule has 1 aromatic rings. The molecule has 1 fully saturated rings. The summed E-state index contributed by atoms with van der Waals surface area (Å²) < 4.78 is 5.40. The molecule has 0 saturated heterocycles. The zero-order chi connectivity index (χ0) is 16.8. The Bertz CT molecular complexity index is 524. The minimum Gasteiger partial charge on any atom is -0.370 e. The minimum atomic E-state index is -0.599. The van der Waals surface area contributed by atoms with Crippen molar-refractivity contribution in [1.82, 2.24) is 0 Å². The third-order valence-corrected chi connectivity index (χ3v) is 5.01. The van der Waals surface area contributed by atoms with Gasteiger partial charge in [0.2, 0.25) is 0 Å². The van der Waals surface area contributed by atoms with Crippen LogP contribution < -0.4 is 11.1 Å². The Labute approximate surface area is 139 Å². The summed E-state index contributed by atoms with van der Waals surface area (Å²) in [5.41, 5.74) is 9.44. The lowest BCUT2D eigenvalue weighted by Crippen LogP contribution is -2.45. The van der Waals surface area contributed by atoms with Gasteiger partial charge >= 0.3 is 0 Å². The lowest BCUT2D eigenvalue weighted by Gasteiger charge is -2.28. The lowest BCUT2D eigenvalue weighted by atomic mass is 9.84. The summed E-state index contributed by atoms with van der Waals surface area (Å²) in [6.45, 7) is 4.09. The van der Waals surface area contributed by atoms with Crippen molar-refractivity contribution in [1.29, 1.82) is 0 Å². The average Bonchev–Trinajstić information content (AvgIpc) is 2.52. The molecule has 4 nitrogen and oxygen atoms in total. The first kappa shape index (κ1) is 18.0. The first-order chi connectivity index (χ1) is 11.0. The third-order valence-electron chi connectivity index (χ3n) is 5.01. The van der Waals surface area contributed by atoms with Crippen LogP contribution >= 0.6 is 0 Å². The van der Waals surface area contributed by atoms with Crippen molar-refractivity contribution in [3.8, 4) is 0 Å². The zero-order valence-corrected chi connectivity index (χ0v) is 14.6. The molecule has 0 bridgehead atoms. The number of ether oxygens (including phenoxy) is 1. The molecular weight excluding hydrogens is 288 g/mol. The molecule has 4 heteroatoms. The van der Waals surface area contributed by atoms with Crippen molar-refractivity contribution in [3.05, 3.63) is 29.3 Å². The number of nitrogens with one attached hydrogen (secondary N) is 1. The van der Waals surface area contributed by atoms with Crippen molar-refractivity contribution >= 4 is 11.6 Å². The molecule has 1 saturated carbocycles. The fourth-order valence-corrected chi connectivity index (χ4v) is 3.44. The van der Waals surface area contributed by atoms with Crippen LogP contribution in [0.1, 0.15) is 49.7 Å². The summed E-state index contributed by atoms with van der Waals surface area (Å²) in [5, 5.41) is 2.94. The Morgan fingerprint density at radius 1 is 1.26 bits per heavy atom. The lowest BCUT2D eigenvalue weighted by molar-refractivity contribution is -0.127. The van der Waals surface area contributed by atoms with Crippen LogP contribution in [-0.2, 0) is 9.53 Å². The molecule has 1 amide bonds. The standard InChI is InChI=1S/C19H30N2O2/c1-13-9-10-16(11-14(13)2)21-19(22)18(23-3)17(20)12-15-7-5-4-6-8-15/h9-11,15,17-18H,4-8,12,20H2,1-3H3,(H,21,22)/t17-,18?/m1/s1. The smallest absolute Gasteiger partial charge is 0.255 e. The highest BCUT2D eigenvalue weighted by atomic mass is 16.5. The summed E-state index contributed by atoms with van der Waals surface area (Å²) in [6, 6.07) is 5.65. The molecule has 23 heavy (non-hydrogen) atoms. The van der Waals surface area contributed by atoms with E-state index >= 15 is 0 Å². The number of methoxy groups -OCH3 is 1. The predicted octanol–water partition coefficient (Wildman–Crippen LogP) is 3.55. The molecule has 128 valence electrons. The summed E-state index contributed by atoms with van der Waals surface area (Å²) in [4.78, 5) is 12.5. The number of aryl methyl sites for hydroxylation is 2. The fourth-order valence-electron chi connectivity index (χ4n) is 3.44. The topological polar surface area (TPSA) is 64.3 Å². The summed E-state index contributed by atoms with van der Waals surface area (Å²) >= 11 is 0. The van der Waals surface area contributed by atoms with Crippen molar-refractivity contribution < 1.29 is 9.53 Å². The zero-order valence-electron chi connectivity index (χ0n) is 14.6. The van der Waals surface area contributed by atoms with E-state index in [0.717, 1.165) is 17.7 Å². The molecule has 1 aliphatic carbocycles. The molecule has 1 unspecified atom stereocenters. The van der Waals surface area contributed by atoms with Gasteiger partial charge in [-0.2, -0.15) is 0 Å². The second kappa shape index (κ2) is 8.46. The monoisotopic (exact) mass is 318 g/mol. The van der Waals surface area contributed by atoms with Gasteiger partial charge in [0, 0.05) is 18.8 Å². The molecule has 0 spiro atoms. The van der Waals surface area contributed by atoms with Crippen LogP contribution in [0.15, 0.2) is 18.2 Å². The van der Waals surface area contributed by atoms with Crippen LogP contribution in [0, 0.1) is 19.8 Å².